The minimum Gasteiger partial charge on any atom is -0.480 e. The summed E-state index contributed by atoms with van der Waals surface area (Å²) in [5, 5.41) is 22.7. The van der Waals surface area contributed by atoms with Gasteiger partial charge in [0, 0.05) is 59.8 Å². The van der Waals surface area contributed by atoms with Gasteiger partial charge in [-0.15, -0.1) is 0 Å². The van der Waals surface area contributed by atoms with Gasteiger partial charge in [0.25, 0.3) is 0 Å². The van der Waals surface area contributed by atoms with E-state index >= 15 is 0 Å². The van der Waals surface area contributed by atoms with Crippen LogP contribution in [0.2, 0.25) is 0 Å². The fourth-order valence-electron chi connectivity index (χ4n) is 6.33. The van der Waals surface area contributed by atoms with Crippen LogP contribution in [0.5, 0.6) is 0 Å². The van der Waals surface area contributed by atoms with Crippen molar-refractivity contribution in [3.05, 3.63) is 0 Å². The number of hydrogen-bond donors (Lipinski definition) is 8. The maximum absolute atomic E-state index is 14.8. The normalized spacial score (nSPS) is 19.4. The molecule has 1 aliphatic rings. The molecule has 1 rings (SSSR count). The Morgan fingerprint density at radius 2 is 1.35 bits per heavy atom. The highest BCUT2D eigenvalue weighted by molar-refractivity contribution is 8.76. The van der Waals surface area contributed by atoms with E-state index in [4.69, 9.17) is 89.5 Å². The van der Waals surface area contributed by atoms with Gasteiger partial charge in [0.1, 0.15) is 54.6 Å². The van der Waals surface area contributed by atoms with Crippen LogP contribution >= 0.6 is 91.2 Å². The van der Waals surface area contributed by atoms with Crippen LogP contribution in [0.3, 0.4) is 0 Å². The summed E-state index contributed by atoms with van der Waals surface area (Å²) < 4.78 is 15.5. The number of nitrogens with two attached hydrogens (primary N) is 1. The van der Waals surface area contributed by atoms with Gasteiger partial charge in [-0.05, 0) is 76.3 Å². The van der Waals surface area contributed by atoms with Crippen LogP contribution in [-0.4, -0.2) is 249 Å². The van der Waals surface area contributed by atoms with Gasteiger partial charge in [0.05, 0.1) is 25.7 Å². The highest BCUT2D eigenvalue weighted by Crippen LogP contribution is 2.28. The van der Waals surface area contributed by atoms with Gasteiger partial charge in [0.15, 0.2) is 0 Å². The summed E-state index contributed by atoms with van der Waals surface area (Å²) in [4.78, 5) is 165. The summed E-state index contributed by atoms with van der Waals surface area (Å²) in [6.07, 6.45) is -4.83. The Hall–Kier alpha value is -4.76. The summed E-state index contributed by atoms with van der Waals surface area (Å²) >= 11 is 33.9. The fourth-order valence-corrected chi connectivity index (χ4v) is 9.09. The number of carbonyl (C=O) groups excluding carboxylic acids is 11. The molecule has 1 aliphatic heterocycles. The number of alkyl carbamates (subject to hydrolysis) is 4. The van der Waals surface area contributed by atoms with Gasteiger partial charge >= 0.3 is 34.3 Å². The number of aliphatic carboxylic acids is 1. The van der Waals surface area contributed by atoms with Crippen molar-refractivity contribution in [2.45, 2.75) is 96.8 Å². The highest BCUT2D eigenvalue weighted by atomic mass is 35.6. The van der Waals surface area contributed by atoms with Gasteiger partial charge < -0.3 is 86.2 Å². The lowest BCUT2D eigenvalue weighted by molar-refractivity contribution is -0.149. The topological polar surface area (TPSA) is 376 Å². The van der Waals surface area contributed by atoms with E-state index in [1.807, 2.05) is 0 Å². The van der Waals surface area contributed by atoms with Crippen molar-refractivity contribution in [3.8, 4) is 0 Å². The lowest BCUT2D eigenvalue weighted by atomic mass is 10.1. The highest BCUT2D eigenvalue weighted by Gasteiger charge is 2.40. The summed E-state index contributed by atoms with van der Waals surface area (Å²) in [7, 11) is 7.64. The lowest BCUT2D eigenvalue weighted by Gasteiger charge is -2.36. The third-order valence-corrected chi connectivity index (χ3v) is 13.2. The Morgan fingerprint density at radius 3 is 1.90 bits per heavy atom. The average molecular weight is 1290 g/mol. The molecule has 0 aromatic rings. The molecular weight excluding hydrogens is 1220 g/mol. The zero-order chi connectivity index (χ0) is 61.1. The molecule has 29 nitrogen and oxygen atoms in total. The lowest BCUT2D eigenvalue weighted by Crippen LogP contribution is -2.61. The number of amides is 11. The van der Waals surface area contributed by atoms with E-state index in [1.165, 1.54) is 62.7 Å². The molecule has 37 heteroatoms. The molecule has 1 saturated heterocycles. The van der Waals surface area contributed by atoms with Crippen molar-refractivity contribution in [1.82, 2.24) is 56.4 Å². The number of likely N-dealkylation sites (N-methyl/N-ethyl adjacent to an activating group) is 5. The molecule has 0 bridgehead atoms. The largest absolute Gasteiger partial charge is 0.480 e. The third-order valence-electron chi connectivity index (χ3n) is 10.2. The summed E-state index contributed by atoms with van der Waals surface area (Å²) in [6.45, 7) is 3.89. The first-order valence-corrected chi connectivity index (χ1v) is 27.9. The molecule has 0 saturated carbocycles. The zero-order valence-electron chi connectivity index (χ0n) is 44.7. The maximum Gasteiger partial charge on any atom is 0.410 e. The minimum absolute atomic E-state index is 0.213. The molecule has 1 fully saturated rings. The number of carboxylic acid groups (broad SMARTS) is 1. The molecule has 0 radical (unpaired) electrons. The zero-order valence-corrected chi connectivity index (χ0v) is 50.9. The van der Waals surface area contributed by atoms with Crippen LogP contribution < -0.4 is 37.6 Å². The van der Waals surface area contributed by atoms with Gasteiger partial charge in [0.2, 0.25) is 45.1 Å². The van der Waals surface area contributed by atoms with Crippen molar-refractivity contribution >= 4 is 163 Å². The predicted molar refractivity (Wildman–Crippen MR) is 292 cm³/mol. The number of nitrogens with one attached hydrogen (secondary N) is 6. The molecule has 1 heterocycles. The van der Waals surface area contributed by atoms with Gasteiger partial charge in [-0.1, -0.05) is 56.4 Å². The number of nitrogens with zero attached hydrogens (tertiary/aromatic N) is 5. The van der Waals surface area contributed by atoms with Crippen molar-refractivity contribution in [3.63, 3.8) is 0 Å². The molecule has 79 heavy (non-hydrogen) atoms. The molecule has 9 N–H and O–H groups in total. The number of carbonyl (C=O) groups is 12. The van der Waals surface area contributed by atoms with Crippen LogP contribution in [0.4, 0.5) is 19.2 Å². The number of rotatable bonds is 15. The summed E-state index contributed by atoms with van der Waals surface area (Å²) in [5.74, 6) is -8.90. The van der Waals surface area contributed by atoms with Crippen LogP contribution in [0.1, 0.15) is 41.5 Å². The molecule has 0 unspecified atom stereocenters. The molecule has 6 atom stereocenters. The second-order valence-corrected chi connectivity index (χ2v) is 26.3. The molecule has 0 aliphatic carbocycles. The Morgan fingerprint density at radius 1 is 0.785 bits per heavy atom. The van der Waals surface area contributed by atoms with E-state index in [1.54, 1.807) is 0 Å². The predicted octanol–water partition coefficient (Wildman–Crippen LogP) is 0.360. The summed E-state index contributed by atoms with van der Waals surface area (Å²) in [6, 6.07) is -9.70. The minimum atomic E-state index is -2.60. The molecule has 0 spiro atoms. The van der Waals surface area contributed by atoms with E-state index in [2.05, 4.69) is 36.6 Å². The van der Waals surface area contributed by atoms with E-state index < -0.39 is 173 Å². The van der Waals surface area contributed by atoms with Crippen LogP contribution in [0, 0.1) is 0 Å². The number of hydrogen-bond acceptors (Lipinski definition) is 19. The maximum atomic E-state index is 14.8. The Kier molecular flexibility index (Phi) is 29.3. The van der Waals surface area contributed by atoms with Crippen LogP contribution in [0.15, 0.2) is 0 Å². The Balaban J connectivity index is 3.89. The fraction of sp³-hybridized carbons (Fsp3) is 0.714. The number of ether oxygens (including phenoxy) is 4. The summed E-state index contributed by atoms with van der Waals surface area (Å²) in [5.41, 5.74) is 4.17. The first-order valence-electron chi connectivity index (χ1n) is 23.1. The van der Waals surface area contributed by atoms with Crippen LogP contribution in [0.25, 0.3) is 0 Å². The van der Waals surface area contributed by atoms with E-state index in [0.717, 1.165) is 60.2 Å². The van der Waals surface area contributed by atoms with E-state index in [-0.39, 0.29) is 11.5 Å². The van der Waals surface area contributed by atoms with Crippen LogP contribution in [-0.2, 0) is 57.3 Å². The molecule has 0 aromatic heterocycles. The quantitative estimate of drug-likeness (QED) is 0.0623. The monoisotopic (exact) mass is 1280 g/mol. The second kappa shape index (κ2) is 32.0. The number of alkyl halides is 6. The smallest absolute Gasteiger partial charge is 0.410 e. The van der Waals surface area contributed by atoms with Crippen molar-refractivity contribution < 1.29 is 81.6 Å². The second-order valence-electron chi connectivity index (χ2n) is 19.1. The number of halogens is 6. The Labute approximate surface area is 493 Å². The molecule has 450 valence electrons. The third kappa shape index (κ3) is 28.0. The van der Waals surface area contributed by atoms with Gasteiger partial charge in [-0.3, -0.25) is 38.4 Å². The standard InChI is InChI=1S/C42H66Cl6N12O17S2/c1-39(2,3)75-37(72)54-22-16-56(7)32(67)24(12-52-35(70)74-20-41(43,44)45)59(10)31(66)21(49)18-78-79-19-26(58(9)27(61)14-50-29(22)64)34(69)60(11)25(13-53-36(71)77-42(46,47)48)33(68)57(8)17-23(30(65)51-15-28(62)63)55-38(73)76-40(4,5)6/h21-26H,12-20,49H2,1-11H3,(H,50,64)(H,51,65)(H,52,70)(H,53,71)(H,54,72)(H,55,73)(H,62,63)/t21-,22-,23-,24-,25+,26+/m1/s1. The number of carboxylic acids is 1. The first kappa shape index (κ1) is 72.3. The van der Waals surface area contributed by atoms with E-state index in [0.29, 0.717) is 0 Å². The van der Waals surface area contributed by atoms with Gasteiger partial charge in [-0.2, -0.15) is 0 Å². The van der Waals surface area contributed by atoms with Crippen molar-refractivity contribution in [2.24, 2.45) is 5.73 Å². The molecule has 0 aromatic carbocycles. The average Bonchev–Trinajstić information content (AvgIpc) is 3.30. The molecular formula is C42H66Cl6N12O17S2. The first-order chi connectivity index (χ1) is 36.0. The SMILES string of the molecule is CN1C[C@@H](NC(=O)OC(C)(C)C)C(=O)NCC(=O)N(C)[C@H](C(=O)N(C)[C@@H](CNC(=O)OC(Cl)(Cl)Cl)C(=O)N(C)C[C@@H](NC(=O)OC(C)(C)C)C(=O)NCC(=O)O)CSSC[C@@H](N)C(=O)N(C)[C@H](CNC(=O)OCC(Cl)(Cl)Cl)C1=O. The van der Waals surface area contributed by atoms with E-state index in [9.17, 15) is 62.6 Å². The molecule has 11 amide bonds. The van der Waals surface area contributed by atoms with Crippen molar-refractivity contribution in [1.29, 1.82) is 0 Å². The van der Waals surface area contributed by atoms with Crippen molar-refractivity contribution in [2.75, 3.05) is 92.6 Å². The Bertz CT molecular complexity index is 2220. The van der Waals surface area contributed by atoms with Gasteiger partial charge in [-0.25, -0.2) is 19.2 Å².